The molecule has 1 aromatic rings. The summed E-state index contributed by atoms with van der Waals surface area (Å²) in [7, 11) is 1.74. The standard InChI is InChI=1S/C16H27NO2/c1-4-14(2)15-8-5-6-9-16(15)19-12-7-10-17-11-13-18-3/h5-6,8-9,14,17H,4,7,10-13H2,1-3H3/p+1/t14-/m1/s1. The van der Waals surface area contributed by atoms with Gasteiger partial charge < -0.3 is 14.8 Å². The van der Waals surface area contributed by atoms with Crippen LogP contribution in [0, 0.1) is 0 Å². The van der Waals surface area contributed by atoms with Gasteiger partial charge in [0.15, 0.2) is 0 Å². The summed E-state index contributed by atoms with van der Waals surface area (Å²) < 4.78 is 10.9. The number of ether oxygens (including phenoxy) is 2. The minimum Gasteiger partial charge on any atom is -0.493 e. The van der Waals surface area contributed by atoms with E-state index in [1.54, 1.807) is 7.11 Å². The number of quaternary nitrogens is 1. The number of rotatable bonds is 10. The summed E-state index contributed by atoms with van der Waals surface area (Å²) in [6.45, 7) is 8.19. The molecule has 0 aromatic heterocycles. The molecule has 1 atom stereocenters. The maximum Gasteiger partial charge on any atom is 0.122 e. The van der Waals surface area contributed by atoms with Crippen molar-refractivity contribution in [2.24, 2.45) is 0 Å². The van der Waals surface area contributed by atoms with Gasteiger partial charge in [-0.15, -0.1) is 0 Å². The minimum atomic E-state index is 0.560. The van der Waals surface area contributed by atoms with E-state index < -0.39 is 0 Å². The Kier molecular flexibility index (Phi) is 8.26. The van der Waals surface area contributed by atoms with Gasteiger partial charge in [-0.05, 0) is 24.0 Å². The second kappa shape index (κ2) is 9.82. The molecule has 3 heteroatoms. The first kappa shape index (κ1) is 16.0. The van der Waals surface area contributed by atoms with Crippen molar-refractivity contribution in [3.8, 4) is 5.75 Å². The highest BCUT2D eigenvalue weighted by Crippen LogP contribution is 2.28. The Labute approximate surface area is 117 Å². The van der Waals surface area contributed by atoms with Crippen LogP contribution < -0.4 is 10.1 Å². The molecule has 0 saturated heterocycles. The fraction of sp³-hybridized carbons (Fsp3) is 0.625. The third-order valence-corrected chi connectivity index (χ3v) is 3.40. The van der Waals surface area contributed by atoms with E-state index in [1.807, 2.05) is 6.07 Å². The van der Waals surface area contributed by atoms with Gasteiger partial charge in [-0.25, -0.2) is 0 Å². The quantitative estimate of drug-likeness (QED) is 0.659. The molecular formula is C16H28NO2+. The summed E-state index contributed by atoms with van der Waals surface area (Å²) in [5, 5.41) is 2.27. The van der Waals surface area contributed by atoms with Crippen molar-refractivity contribution in [3.63, 3.8) is 0 Å². The second-order valence-electron chi connectivity index (χ2n) is 4.91. The smallest absolute Gasteiger partial charge is 0.122 e. The molecule has 0 fully saturated rings. The molecule has 0 aliphatic carbocycles. The topological polar surface area (TPSA) is 35.1 Å². The van der Waals surface area contributed by atoms with Crippen molar-refractivity contribution in [1.82, 2.24) is 0 Å². The van der Waals surface area contributed by atoms with Gasteiger partial charge >= 0.3 is 0 Å². The van der Waals surface area contributed by atoms with Crippen LogP contribution in [0.1, 0.15) is 38.2 Å². The summed E-state index contributed by atoms with van der Waals surface area (Å²) >= 11 is 0. The lowest BCUT2D eigenvalue weighted by molar-refractivity contribution is -0.656. The van der Waals surface area contributed by atoms with Gasteiger partial charge in [0.2, 0.25) is 0 Å². The molecule has 0 radical (unpaired) electrons. The summed E-state index contributed by atoms with van der Waals surface area (Å²) in [6.07, 6.45) is 2.21. The van der Waals surface area contributed by atoms with Gasteiger partial charge in [-0.1, -0.05) is 32.0 Å². The fourth-order valence-corrected chi connectivity index (χ4v) is 1.99. The van der Waals surface area contributed by atoms with E-state index in [-0.39, 0.29) is 0 Å². The highest BCUT2D eigenvalue weighted by Gasteiger charge is 2.09. The molecule has 0 saturated carbocycles. The molecular weight excluding hydrogens is 238 g/mol. The number of methoxy groups -OCH3 is 1. The van der Waals surface area contributed by atoms with Gasteiger partial charge in [-0.3, -0.25) is 0 Å². The highest BCUT2D eigenvalue weighted by molar-refractivity contribution is 5.35. The lowest BCUT2D eigenvalue weighted by atomic mass is 9.98. The monoisotopic (exact) mass is 266 g/mol. The first-order valence-corrected chi connectivity index (χ1v) is 7.31. The third kappa shape index (κ3) is 6.08. The molecule has 3 nitrogen and oxygen atoms in total. The van der Waals surface area contributed by atoms with E-state index in [4.69, 9.17) is 9.47 Å². The Morgan fingerprint density at radius 1 is 1.16 bits per heavy atom. The normalized spacial score (nSPS) is 12.4. The third-order valence-electron chi connectivity index (χ3n) is 3.40. The molecule has 0 spiro atoms. The predicted octanol–water partition coefficient (Wildman–Crippen LogP) is 2.18. The molecule has 2 N–H and O–H groups in total. The lowest BCUT2D eigenvalue weighted by Crippen LogP contribution is -2.85. The van der Waals surface area contributed by atoms with Crippen LogP contribution in [0.2, 0.25) is 0 Å². The molecule has 108 valence electrons. The molecule has 1 aromatic carbocycles. The van der Waals surface area contributed by atoms with Crippen molar-refractivity contribution >= 4 is 0 Å². The summed E-state index contributed by atoms with van der Waals surface area (Å²) in [4.78, 5) is 0. The number of hydrogen-bond acceptors (Lipinski definition) is 2. The van der Waals surface area contributed by atoms with Gasteiger partial charge in [-0.2, -0.15) is 0 Å². The van der Waals surface area contributed by atoms with Crippen LogP contribution in [0.3, 0.4) is 0 Å². The van der Waals surface area contributed by atoms with E-state index in [1.165, 1.54) is 5.56 Å². The van der Waals surface area contributed by atoms with Gasteiger partial charge in [0.05, 0.1) is 26.3 Å². The molecule has 0 heterocycles. The fourth-order valence-electron chi connectivity index (χ4n) is 1.99. The number of benzene rings is 1. The second-order valence-corrected chi connectivity index (χ2v) is 4.91. The van der Waals surface area contributed by atoms with Gasteiger partial charge in [0.25, 0.3) is 0 Å². The lowest BCUT2D eigenvalue weighted by Gasteiger charge is -2.15. The van der Waals surface area contributed by atoms with Gasteiger partial charge in [0.1, 0.15) is 5.75 Å². The predicted molar refractivity (Wildman–Crippen MR) is 78.8 cm³/mol. The van der Waals surface area contributed by atoms with Crippen LogP contribution >= 0.6 is 0 Å². The Balaban J connectivity index is 2.29. The maximum absolute atomic E-state index is 5.92. The molecule has 0 unspecified atom stereocenters. The number of nitrogens with two attached hydrogens (primary N) is 1. The number of para-hydroxylation sites is 1. The van der Waals surface area contributed by atoms with Crippen LogP contribution in [0.25, 0.3) is 0 Å². The summed E-state index contributed by atoms with van der Waals surface area (Å²) in [5.74, 6) is 1.61. The molecule has 0 aliphatic heterocycles. The zero-order valence-corrected chi connectivity index (χ0v) is 12.5. The highest BCUT2D eigenvalue weighted by atomic mass is 16.5. The first-order valence-electron chi connectivity index (χ1n) is 7.31. The van der Waals surface area contributed by atoms with E-state index in [2.05, 4.69) is 37.4 Å². The van der Waals surface area contributed by atoms with Crippen LogP contribution in [0.15, 0.2) is 24.3 Å². The molecule has 19 heavy (non-hydrogen) atoms. The summed E-state index contributed by atoms with van der Waals surface area (Å²) in [6, 6.07) is 8.39. The van der Waals surface area contributed by atoms with Crippen LogP contribution in [-0.2, 0) is 4.74 Å². The van der Waals surface area contributed by atoms with E-state index in [9.17, 15) is 0 Å². The Hall–Kier alpha value is -1.06. The minimum absolute atomic E-state index is 0.560. The Morgan fingerprint density at radius 2 is 1.95 bits per heavy atom. The zero-order valence-electron chi connectivity index (χ0n) is 12.5. The maximum atomic E-state index is 5.92. The average molecular weight is 266 g/mol. The van der Waals surface area contributed by atoms with Gasteiger partial charge in [0, 0.05) is 13.5 Å². The van der Waals surface area contributed by atoms with E-state index in [0.29, 0.717) is 5.92 Å². The average Bonchev–Trinajstić information content (AvgIpc) is 2.46. The first-order chi connectivity index (χ1) is 9.29. The van der Waals surface area contributed by atoms with Crippen molar-refractivity contribution in [2.75, 3.05) is 33.4 Å². The SMILES string of the molecule is CC[C@@H](C)c1ccccc1OCCC[NH2+]CCOC. The van der Waals surface area contributed by atoms with Crippen molar-refractivity contribution in [3.05, 3.63) is 29.8 Å². The molecule has 1 rings (SSSR count). The van der Waals surface area contributed by atoms with Crippen molar-refractivity contribution < 1.29 is 14.8 Å². The molecule has 0 bridgehead atoms. The Bertz CT molecular complexity index is 341. The number of hydrogen-bond donors (Lipinski definition) is 1. The van der Waals surface area contributed by atoms with E-state index >= 15 is 0 Å². The largest absolute Gasteiger partial charge is 0.493 e. The van der Waals surface area contributed by atoms with E-state index in [0.717, 1.165) is 44.9 Å². The molecule has 0 amide bonds. The Morgan fingerprint density at radius 3 is 2.68 bits per heavy atom. The van der Waals surface area contributed by atoms with Crippen LogP contribution in [0.4, 0.5) is 0 Å². The van der Waals surface area contributed by atoms with Crippen molar-refractivity contribution in [1.29, 1.82) is 0 Å². The summed E-state index contributed by atoms with van der Waals surface area (Å²) in [5.41, 5.74) is 1.33. The molecule has 0 aliphatic rings. The van der Waals surface area contributed by atoms with Crippen LogP contribution in [0.5, 0.6) is 5.75 Å². The zero-order chi connectivity index (χ0) is 13.9. The van der Waals surface area contributed by atoms with Crippen LogP contribution in [-0.4, -0.2) is 33.4 Å². The van der Waals surface area contributed by atoms with Crippen molar-refractivity contribution in [2.45, 2.75) is 32.6 Å².